The monoisotopic (exact) mass is 307 g/mol. The standard InChI is InChI=1S/C13H16F3NO4/c1-5-20-12(18)10-8(19-4)6-9(21-7(2)3)17-11(10)13(14,15)16/h6-7H,5H2,1-4H3. The predicted molar refractivity (Wildman–Crippen MR) is 67.5 cm³/mol. The number of pyridine rings is 1. The number of hydrogen-bond acceptors (Lipinski definition) is 5. The van der Waals surface area contributed by atoms with Crippen LogP contribution in [0.25, 0.3) is 0 Å². The molecule has 0 bridgehead atoms. The van der Waals surface area contributed by atoms with E-state index in [0.29, 0.717) is 0 Å². The second-order valence-electron chi connectivity index (χ2n) is 4.27. The maximum absolute atomic E-state index is 13.1. The predicted octanol–water partition coefficient (Wildman–Crippen LogP) is 3.07. The molecule has 0 N–H and O–H groups in total. The van der Waals surface area contributed by atoms with Crippen LogP contribution >= 0.6 is 0 Å². The number of ether oxygens (including phenoxy) is 3. The molecule has 0 radical (unpaired) electrons. The van der Waals surface area contributed by atoms with Crippen LogP contribution in [0.15, 0.2) is 6.07 Å². The maximum Gasteiger partial charge on any atom is 0.434 e. The van der Waals surface area contributed by atoms with Gasteiger partial charge in [-0.25, -0.2) is 9.78 Å². The number of halogens is 3. The molecule has 0 spiro atoms. The van der Waals surface area contributed by atoms with Crippen LogP contribution < -0.4 is 9.47 Å². The lowest BCUT2D eigenvalue weighted by atomic mass is 10.1. The Kier molecular flexibility index (Phi) is 5.40. The number of carbonyl (C=O) groups excluding carboxylic acids is 1. The van der Waals surface area contributed by atoms with E-state index in [0.717, 1.165) is 13.2 Å². The van der Waals surface area contributed by atoms with Gasteiger partial charge in [-0.2, -0.15) is 13.2 Å². The zero-order chi connectivity index (χ0) is 16.2. The van der Waals surface area contributed by atoms with Crippen LogP contribution in [0.3, 0.4) is 0 Å². The van der Waals surface area contributed by atoms with E-state index >= 15 is 0 Å². The van der Waals surface area contributed by atoms with Gasteiger partial charge in [0.25, 0.3) is 0 Å². The lowest BCUT2D eigenvalue weighted by Gasteiger charge is -2.17. The van der Waals surface area contributed by atoms with E-state index in [2.05, 4.69) is 9.72 Å². The molecule has 1 heterocycles. The Balaban J connectivity index is 3.48. The van der Waals surface area contributed by atoms with Crippen molar-refractivity contribution in [3.05, 3.63) is 17.3 Å². The first-order valence-corrected chi connectivity index (χ1v) is 6.20. The van der Waals surface area contributed by atoms with E-state index in [1.165, 1.54) is 6.92 Å². The quantitative estimate of drug-likeness (QED) is 0.782. The van der Waals surface area contributed by atoms with Crippen molar-refractivity contribution in [3.8, 4) is 11.6 Å². The molecule has 118 valence electrons. The Hall–Kier alpha value is -1.99. The van der Waals surface area contributed by atoms with Crippen LogP contribution in [0.1, 0.15) is 36.8 Å². The second kappa shape index (κ2) is 6.64. The summed E-state index contributed by atoms with van der Waals surface area (Å²) in [7, 11) is 1.15. The molecule has 0 unspecified atom stereocenters. The third-order valence-electron chi connectivity index (χ3n) is 2.28. The topological polar surface area (TPSA) is 57.7 Å². The summed E-state index contributed by atoms with van der Waals surface area (Å²) in [4.78, 5) is 15.1. The van der Waals surface area contributed by atoms with Gasteiger partial charge in [0.05, 0.1) is 19.8 Å². The van der Waals surface area contributed by atoms with Crippen LogP contribution in [-0.2, 0) is 10.9 Å². The van der Waals surface area contributed by atoms with Gasteiger partial charge >= 0.3 is 12.1 Å². The van der Waals surface area contributed by atoms with Crippen molar-refractivity contribution in [3.63, 3.8) is 0 Å². The molecule has 1 rings (SSSR count). The molecule has 1 aromatic heterocycles. The molecule has 0 aliphatic heterocycles. The number of aromatic nitrogens is 1. The average Bonchev–Trinajstić information content (AvgIpc) is 2.36. The van der Waals surface area contributed by atoms with E-state index < -0.39 is 23.4 Å². The summed E-state index contributed by atoms with van der Waals surface area (Å²) in [6.07, 6.45) is -5.22. The van der Waals surface area contributed by atoms with Crippen LogP contribution in [-0.4, -0.2) is 30.8 Å². The molecule has 0 saturated carbocycles. The molecule has 0 aromatic carbocycles. The van der Waals surface area contributed by atoms with Crippen molar-refractivity contribution >= 4 is 5.97 Å². The molecule has 0 amide bonds. The smallest absolute Gasteiger partial charge is 0.434 e. The lowest BCUT2D eigenvalue weighted by Crippen LogP contribution is -2.20. The number of carbonyl (C=O) groups is 1. The van der Waals surface area contributed by atoms with Crippen molar-refractivity contribution in [2.75, 3.05) is 13.7 Å². The molecular formula is C13H16F3NO4. The number of rotatable bonds is 5. The zero-order valence-electron chi connectivity index (χ0n) is 12.1. The number of nitrogens with zero attached hydrogens (tertiary/aromatic N) is 1. The van der Waals surface area contributed by atoms with E-state index in [1.807, 2.05) is 0 Å². The van der Waals surface area contributed by atoms with Gasteiger partial charge in [-0.3, -0.25) is 0 Å². The molecule has 0 atom stereocenters. The van der Waals surface area contributed by atoms with Gasteiger partial charge in [0.15, 0.2) is 5.69 Å². The zero-order valence-corrected chi connectivity index (χ0v) is 12.1. The average molecular weight is 307 g/mol. The fraction of sp³-hybridized carbons (Fsp3) is 0.538. The van der Waals surface area contributed by atoms with Crippen LogP contribution in [0.5, 0.6) is 11.6 Å². The van der Waals surface area contributed by atoms with Gasteiger partial charge in [0, 0.05) is 6.07 Å². The molecule has 8 heteroatoms. The minimum absolute atomic E-state index is 0.0659. The Morgan fingerprint density at radius 1 is 1.38 bits per heavy atom. The molecule has 21 heavy (non-hydrogen) atoms. The molecule has 0 fully saturated rings. The normalized spacial score (nSPS) is 11.4. The van der Waals surface area contributed by atoms with Gasteiger partial charge in [-0.05, 0) is 20.8 Å². The van der Waals surface area contributed by atoms with E-state index in [-0.39, 0.29) is 24.3 Å². The highest BCUT2D eigenvalue weighted by Crippen LogP contribution is 2.37. The summed E-state index contributed by atoms with van der Waals surface area (Å²) in [6.45, 7) is 4.70. The summed E-state index contributed by atoms with van der Waals surface area (Å²) in [6, 6.07) is 1.13. The third-order valence-corrected chi connectivity index (χ3v) is 2.28. The van der Waals surface area contributed by atoms with Crippen molar-refractivity contribution in [1.29, 1.82) is 0 Å². The van der Waals surface area contributed by atoms with E-state index in [1.54, 1.807) is 13.8 Å². The number of hydrogen-bond donors (Lipinski definition) is 0. The van der Waals surface area contributed by atoms with Crippen LogP contribution in [0, 0.1) is 0 Å². The highest BCUT2D eigenvalue weighted by Gasteiger charge is 2.40. The first kappa shape index (κ1) is 17.1. The minimum atomic E-state index is -4.84. The number of alkyl halides is 3. The van der Waals surface area contributed by atoms with E-state index in [9.17, 15) is 18.0 Å². The molecule has 0 aliphatic carbocycles. The first-order valence-electron chi connectivity index (χ1n) is 6.20. The van der Waals surface area contributed by atoms with Crippen molar-refractivity contribution in [2.45, 2.75) is 33.1 Å². The largest absolute Gasteiger partial charge is 0.496 e. The summed E-state index contributed by atoms with van der Waals surface area (Å²) in [5, 5.41) is 0. The maximum atomic E-state index is 13.1. The van der Waals surface area contributed by atoms with Gasteiger partial charge in [-0.15, -0.1) is 0 Å². The lowest BCUT2D eigenvalue weighted by molar-refractivity contribution is -0.142. The SMILES string of the molecule is CCOC(=O)c1c(OC)cc(OC(C)C)nc1C(F)(F)F. The Morgan fingerprint density at radius 3 is 2.43 bits per heavy atom. The molecule has 1 aromatic rings. The fourth-order valence-electron chi connectivity index (χ4n) is 1.57. The summed E-state index contributed by atoms with van der Waals surface area (Å²) < 4.78 is 53.9. The summed E-state index contributed by atoms with van der Waals surface area (Å²) in [5.41, 5.74) is -2.15. The van der Waals surface area contributed by atoms with Gasteiger partial charge in [-0.1, -0.05) is 0 Å². The molecule has 0 saturated heterocycles. The van der Waals surface area contributed by atoms with E-state index in [4.69, 9.17) is 9.47 Å². The Bertz CT molecular complexity index is 515. The third kappa shape index (κ3) is 4.24. The molecule has 0 aliphatic rings. The highest BCUT2D eigenvalue weighted by molar-refractivity contribution is 5.94. The second-order valence-corrected chi connectivity index (χ2v) is 4.27. The molecular weight excluding hydrogens is 291 g/mol. The summed E-state index contributed by atoms with van der Waals surface area (Å²) >= 11 is 0. The molecule has 5 nitrogen and oxygen atoms in total. The minimum Gasteiger partial charge on any atom is -0.496 e. The van der Waals surface area contributed by atoms with Crippen LogP contribution in [0.2, 0.25) is 0 Å². The van der Waals surface area contributed by atoms with Crippen molar-refractivity contribution < 1.29 is 32.2 Å². The van der Waals surface area contributed by atoms with Gasteiger partial charge < -0.3 is 14.2 Å². The fourth-order valence-corrected chi connectivity index (χ4v) is 1.57. The van der Waals surface area contributed by atoms with Gasteiger partial charge in [0.2, 0.25) is 5.88 Å². The highest BCUT2D eigenvalue weighted by atomic mass is 19.4. The Morgan fingerprint density at radius 2 is 2.00 bits per heavy atom. The Labute approximate surface area is 120 Å². The number of esters is 1. The van der Waals surface area contributed by atoms with Gasteiger partial charge in [0.1, 0.15) is 11.3 Å². The summed E-state index contributed by atoms with van der Waals surface area (Å²) in [5.74, 6) is -1.72. The van der Waals surface area contributed by atoms with Crippen LogP contribution in [0.4, 0.5) is 13.2 Å². The van der Waals surface area contributed by atoms with Crippen molar-refractivity contribution in [1.82, 2.24) is 4.98 Å². The van der Waals surface area contributed by atoms with Crippen molar-refractivity contribution in [2.24, 2.45) is 0 Å². The first-order chi connectivity index (χ1) is 9.70. The number of methoxy groups -OCH3 is 1.